The molecular formula is C16H30O. The van der Waals surface area contributed by atoms with Crippen molar-refractivity contribution in [1.82, 2.24) is 0 Å². The number of hydrogen-bond donors (Lipinski definition) is 0. The van der Waals surface area contributed by atoms with Crippen LogP contribution < -0.4 is 0 Å². The topological polar surface area (TPSA) is 17.1 Å². The SMILES string of the molecule is CCCCCCCC=CCCCCCCC=O. The van der Waals surface area contributed by atoms with Crippen molar-refractivity contribution in [3.8, 4) is 0 Å². The number of carbonyl (C=O) groups is 1. The number of hydrogen-bond acceptors (Lipinski definition) is 1. The van der Waals surface area contributed by atoms with Crippen molar-refractivity contribution in [2.75, 3.05) is 0 Å². The number of unbranched alkanes of at least 4 members (excludes halogenated alkanes) is 10. The normalized spacial score (nSPS) is 11.1. The van der Waals surface area contributed by atoms with Crippen molar-refractivity contribution < 1.29 is 4.79 Å². The van der Waals surface area contributed by atoms with Crippen LogP contribution in [0.15, 0.2) is 12.2 Å². The van der Waals surface area contributed by atoms with Gasteiger partial charge in [0.1, 0.15) is 6.29 Å². The standard InChI is InChI=1S/C16H30O/c1-2-3-4-5-6-7-8-9-10-11-12-13-14-15-16-17/h8-9,16H,2-7,10-15H2,1H3. The predicted octanol–water partition coefficient (Wildman–Crippen LogP) is 5.44. The van der Waals surface area contributed by atoms with E-state index in [0.29, 0.717) is 0 Å². The van der Waals surface area contributed by atoms with E-state index in [9.17, 15) is 4.79 Å². The second-order valence-corrected chi connectivity index (χ2v) is 4.83. The summed E-state index contributed by atoms with van der Waals surface area (Å²) in [6.07, 6.45) is 20.6. The molecule has 1 nitrogen and oxygen atoms in total. The molecule has 0 aromatic rings. The number of rotatable bonds is 13. The van der Waals surface area contributed by atoms with E-state index in [4.69, 9.17) is 0 Å². The van der Waals surface area contributed by atoms with Gasteiger partial charge < -0.3 is 4.79 Å². The highest BCUT2D eigenvalue weighted by Gasteiger charge is 1.89. The summed E-state index contributed by atoms with van der Waals surface area (Å²) in [6, 6.07) is 0. The van der Waals surface area contributed by atoms with Crippen LogP contribution in [-0.2, 0) is 4.79 Å². The van der Waals surface area contributed by atoms with Gasteiger partial charge in [0.15, 0.2) is 0 Å². The van der Waals surface area contributed by atoms with Gasteiger partial charge in [-0.15, -0.1) is 0 Å². The van der Waals surface area contributed by atoms with Gasteiger partial charge in [0.2, 0.25) is 0 Å². The predicted molar refractivity (Wildman–Crippen MR) is 76.3 cm³/mol. The monoisotopic (exact) mass is 238 g/mol. The summed E-state index contributed by atoms with van der Waals surface area (Å²) in [5.41, 5.74) is 0. The van der Waals surface area contributed by atoms with Gasteiger partial charge in [-0.1, -0.05) is 57.6 Å². The van der Waals surface area contributed by atoms with Crippen molar-refractivity contribution in [1.29, 1.82) is 0 Å². The van der Waals surface area contributed by atoms with Gasteiger partial charge in [-0.3, -0.25) is 0 Å². The molecule has 0 aromatic heterocycles. The summed E-state index contributed by atoms with van der Waals surface area (Å²) in [7, 11) is 0. The first-order chi connectivity index (χ1) is 8.41. The maximum atomic E-state index is 10.1. The minimum Gasteiger partial charge on any atom is -0.303 e. The average molecular weight is 238 g/mol. The molecule has 0 radical (unpaired) electrons. The van der Waals surface area contributed by atoms with Crippen molar-refractivity contribution in [3.63, 3.8) is 0 Å². The highest BCUT2D eigenvalue weighted by molar-refractivity contribution is 5.48. The van der Waals surface area contributed by atoms with Crippen LogP contribution in [0.5, 0.6) is 0 Å². The number of aldehydes is 1. The Kier molecular flexibility index (Phi) is 14.9. The van der Waals surface area contributed by atoms with Gasteiger partial charge >= 0.3 is 0 Å². The Labute approximate surface area is 108 Å². The second kappa shape index (κ2) is 15.4. The number of carbonyl (C=O) groups excluding carboxylic acids is 1. The second-order valence-electron chi connectivity index (χ2n) is 4.83. The summed E-state index contributed by atoms with van der Waals surface area (Å²) in [5, 5.41) is 0. The molecular weight excluding hydrogens is 208 g/mol. The Hall–Kier alpha value is -0.590. The van der Waals surface area contributed by atoms with Gasteiger partial charge in [0.25, 0.3) is 0 Å². The molecule has 0 heterocycles. The fourth-order valence-electron chi connectivity index (χ4n) is 1.94. The summed E-state index contributed by atoms with van der Waals surface area (Å²) >= 11 is 0. The first-order valence-corrected chi connectivity index (χ1v) is 7.50. The molecule has 0 atom stereocenters. The van der Waals surface area contributed by atoms with Crippen LogP contribution in [-0.4, -0.2) is 6.29 Å². The molecule has 0 rings (SSSR count). The summed E-state index contributed by atoms with van der Waals surface area (Å²) < 4.78 is 0. The van der Waals surface area contributed by atoms with Gasteiger partial charge in [-0.05, 0) is 32.1 Å². The summed E-state index contributed by atoms with van der Waals surface area (Å²) in [4.78, 5) is 10.1. The van der Waals surface area contributed by atoms with Gasteiger partial charge in [0, 0.05) is 6.42 Å². The van der Waals surface area contributed by atoms with E-state index in [1.54, 1.807) is 0 Å². The van der Waals surface area contributed by atoms with Crippen LogP contribution in [0, 0.1) is 0 Å². The summed E-state index contributed by atoms with van der Waals surface area (Å²) in [6.45, 7) is 2.26. The lowest BCUT2D eigenvalue weighted by molar-refractivity contribution is -0.107. The molecule has 0 saturated heterocycles. The third kappa shape index (κ3) is 15.4. The Morgan fingerprint density at radius 3 is 1.59 bits per heavy atom. The average Bonchev–Trinajstić information content (AvgIpc) is 2.35. The van der Waals surface area contributed by atoms with Gasteiger partial charge in [-0.2, -0.15) is 0 Å². The van der Waals surface area contributed by atoms with Gasteiger partial charge in [-0.25, -0.2) is 0 Å². The summed E-state index contributed by atoms with van der Waals surface area (Å²) in [5.74, 6) is 0. The van der Waals surface area contributed by atoms with Crippen molar-refractivity contribution >= 4 is 6.29 Å². The van der Waals surface area contributed by atoms with Crippen molar-refractivity contribution in [3.05, 3.63) is 12.2 Å². The van der Waals surface area contributed by atoms with E-state index >= 15 is 0 Å². The lowest BCUT2D eigenvalue weighted by Crippen LogP contribution is -1.79. The van der Waals surface area contributed by atoms with E-state index in [0.717, 1.165) is 19.1 Å². The van der Waals surface area contributed by atoms with Crippen molar-refractivity contribution in [2.45, 2.75) is 84.0 Å². The first kappa shape index (κ1) is 16.4. The zero-order valence-electron chi connectivity index (χ0n) is 11.6. The molecule has 0 N–H and O–H groups in total. The molecule has 0 bridgehead atoms. The minimum atomic E-state index is 0.744. The van der Waals surface area contributed by atoms with Crippen molar-refractivity contribution in [2.24, 2.45) is 0 Å². The molecule has 1 heteroatoms. The fraction of sp³-hybridized carbons (Fsp3) is 0.812. The highest BCUT2D eigenvalue weighted by Crippen LogP contribution is 2.07. The van der Waals surface area contributed by atoms with Gasteiger partial charge in [0.05, 0.1) is 0 Å². The molecule has 0 aliphatic heterocycles. The van der Waals surface area contributed by atoms with Crippen LogP contribution in [0.2, 0.25) is 0 Å². The van der Waals surface area contributed by atoms with E-state index in [1.165, 1.54) is 64.2 Å². The van der Waals surface area contributed by atoms with Crippen LogP contribution in [0.1, 0.15) is 84.0 Å². The maximum absolute atomic E-state index is 10.1. The molecule has 0 aromatic carbocycles. The smallest absolute Gasteiger partial charge is 0.119 e. The Morgan fingerprint density at radius 1 is 0.647 bits per heavy atom. The molecule has 0 aliphatic carbocycles. The zero-order chi connectivity index (χ0) is 12.6. The van der Waals surface area contributed by atoms with Crippen LogP contribution >= 0.6 is 0 Å². The van der Waals surface area contributed by atoms with E-state index < -0.39 is 0 Å². The van der Waals surface area contributed by atoms with Crippen LogP contribution in [0.4, 0.5) is 0 Å². The Morgan fingerprint density at radius 2 is 1.12 bits per heavy atom. The molecule has 0 unspecified atom stereocenters. The van der Waals surface area contributed by atoms with Crippen LogP contribution in [0.3, 0.4) is 0 Å². The largest absolute Gasteiger partial charge is 0.303 e. The molecule has 0 aliphatic rings. The molecule has 100 valence electrons. The maximum Gasteiger partial charge on any atom is 0.119 e. The van der Waals surface area contributed by atoms with E-state index in [-0.39, 0.29) is 0 Å². The quantitative estimate of drug-likeness (QED) is 0.237. The zero-order valence-corrected chi connectivity index (χ0v) is 11.6. The first-order valence-electron chi connectivity index (χ1n) is 7.50. The van der Waals surface area contributed by atoms with E-state index in [2.05, 4.69) is 19.1 Å². The molecule has 0 spiro atoms. The minimum absolute atomic E-state index is 0.744. The molecule has 0 saturated carbocycles. The highest BCUT2D eigenvalue weighted by atomic mass is 16.1. The number of allylic oxidation sites excluding steroid dienone is 2. The fourth-order valence-corrected chi connectivity index (χ4v) is 1.94. The van der Waals surface area contributed by atoms with Crippen LogP contribution in [0.25, 0.3) is 0 Å². The Bertz CT molecular complexity index is 172. The lowest BCUT2D eigenvalue weighted by Gasteiger charge is -1.97. The van der Waals surface area contributed by atoms with E-state index in [1.807, 2.05) is 0 Å². The molecule has 0 fully saturated rings. The molecule has 17 heavy (non-hydrogen) atoms. The third-order valence-electron chi connectivity index (χ3n) is 3.08. The Balaban J connectivity index is 3.01. The lowest BCUT2D eigenvalue weighted by atomic mass is 10.1. The third-order valence-corrected chi connectivity index (χ3v) is 3.08. The molecule has 0 amide bonds.